The Bertz CT molecular complexity index is 505. The number of hydrogen-bond acceptors (Lipinski definition) is 4. The zero-order valence-electron chi connectivity index (χ0n) is 19.5. The van der Waals surface area contributed by atoms with E-state index in [9.17, 15) is 19.8 Å². The molecule has 0 heterocycles. The van der Waals surface area contributed by atoms with Gasteiger partial charge in [0.15, 0.2) is 11.6 Å². The predicted octanol–water partition coefficient (Wildman–Crippen LogP) is 3.40. The Morgan fingerprint density at radius 3 is 0.815 bits per heavy atom. The minimum absolute atomic E-state index is 0. The van der Waals surface area contributed by atoms with Crippen molar-refractivity contribution in [3.05, 3.63) is 23.7 Å². The van der Waals surface area contributed by atoms with Gasteiger partial charge in [0.05, 0.1) is 0 Å². The first-order valence-electron chi connectivity index (χ1n) is 8.97. The van der Waals surface area contributed by atoms with Crippen molar-refractivity contribution in [1.29, 1.82) is 0 Å². The summed E-state index contributed by atoms with van der Waals surface area (Å²) in [5, 5.41) is 22.9. The van der Waals surface area contributed by atoms with Crippen LogP contribution in [0.5, 0.6) is 0 Å². The van der Waals surface area contributed by atoms with Crippen LogP contribution in [0.1, 0.15) is 83.1 Å². The number of rotatable bonds is 2. The third-order valence-electron chi connectivity index (χ3n) is 3.48. The number of carbonyl (C=O) groups excluding carboxylic acids is 2. The standard InChI is InChI=1S/2C11H20O2.Ba/c2*1-10(2,3)8(12)7-9(13)11(4,5)6;/h2*7,12H,1-6H3;/q;;+2/p-2. The molecule has 0 radical (unpaired) electrons. The third-order valence-corrected chi connectivity index (χ3v) is 3.48. The first kappa shape index (κ1) is 31.7. The van der Waals surface area contributed by atoms with E-state index in [1.54, 1.807) is 0 Å². The molecule has 0 N–H and O–H groups in total. The van der Waals surface area contributed by atoms with E-state index < -0.39 is 21.7 Å². The molecular weight excluding hydrogens is 466 g/mol. The Labute approximate surface area is 207 Å². The van der Waals surface area contributed by atoms with Crippen LogP contribution >= 0.6 is 0 Å². The monoisotopic (exact) mass is 504 g/mol. The van der Waals surface area contributed by atoms with E-state index in [4.69, 9.17) is 0 Å². The summed E-state index contributed by atoms with van der Waals surface area (Å²) in [7, 11) is 0. The zero-order chi connectivity index (χ0) is 21.7. The Balaban J connectivity index is -0.000000411. The van der Waals surface area contributed by atoms with Crippen LogP contribution in [-0.2, 0) is 9.59 Å². The Kier molecular flexibility index (Phi) is 13.2. The summed E-state index contributed by atoms with van der Waals surface area (Å²) in [6.07, 6.45) is 2.44. The third kappa shape index (κ3) is 14.6. The van der Waals surface area contributed by atoms with Gasteiger partial charge in [-0.1, -0.05) is 83.1 Å². The van der Waals surface area contributed by atoms with Gasteiger partial charge in [0.1, 0.15) is 0 Å². The largest absolute Gasteiger partial charge is 2.00 e. The minimum Gasteiger partial charge on any atom is -0.875 e. The van der Waals surface area contributed by atoms with Crippen LogP contribution in [0.25, 0.3) is 0 Å². The molecule has 0 aromatic rings. The van der Waals surface area contributed by atoms with E-state index in [0.717, 1.165) is 0 Å². The Morgan fingerprint density at radius 1 is 0.519 bits per heavy atom. The molecule has 0 aromatic carbocycles. The molecule has 0 unspecified atom stereocenters. The van der Waals surface area contributed by atoms with Crippen molar-refractivity contribution in [2.75, 3.05) is 0 Å². The fourth-order valence-corrected chi connectivity index (χ4v) is 1.10. The number of ketones is 2. The van der Waals surface area contributed by atoms with Gasteiger partial charge in [-0.15, -0.1) is 11.5 Å². The van der Waals surface area contributed by atoms with Crippen molar-refractivity contribution in [1.82, 2.24) is 0 Å². The molecular formula is C22H38BaO4. The topological polar surface area (TPSA) is 80.3 Å². The molecule has 0 spiro atoms. The smallest absolute Gasteiger partial charge is 0.875 e. The van der Waals surface area contributed by atoms with Crippen molar-refractivity contribution < 1.29 is 19.8 Å². The molecule has 4 nitrogen and oxygen atoms in total. The van der Waals surface area contributed by atoms with E-state index in [-0.39, 0.29) is 72.0 Å². The second-order valence-corrected chi connectivity index (χ2v) is 10.7. The van der Waals surface area contributed by atoms with E-state index >= 15 is 0 Å². The summed E-state index contributed by atoms with van der Waals surface area (Å²) >= 11 is 0. The van der Waals surface area contributed by atoms with Gasteiger partial charge in [-0.2, -0.15) is 0 Å². The van der Waals surface area contributed by atoms with Crippen LogP contribution in [0.2, 0.25) is 0 Å². The maximum Gasteiger partial charge on any atom is 2.00 e. The van der Waals surface area contributed by atoms with Crippen LogP contribution in [0, 0.1) is 21.7 Å². The molecule has 0 fully saturated rings. The van der Waals surface area contributed by atoms with Gasteiger partial charge in [0.2, 0.25) is 0 Å². The van der Waals surface area contributed by atoms with Crippen molar-refractivity contribution in [3.63, 3.8) is 0 Å². The average Bonchev–Trinajstić information content (AvgIpc) is 2.34. The van der Waals surface area contributed by atoms with Crippen LogP contribution < -0.4 is 10.2 Å². The number of hydrogen-bond donors (Lipinski definition) is 0. The first-order valence-corrected chi connectivity index (χ1v) is 8.97. The molecule has 0 saturated carbocycles. The quantitative estimate of drug-likeness (QED) is 0.329. The van der Waals surface area contributed by atoms with Crippen molar-refractivity contribution >= 4 is 60.4 Å². The molecule has 27 heavy (non-hydrogen) atoms. The molecule has 152 valence electrons. The van der Waals surface area contributed by atoms with Crippen molar-refractivity contribution in [3.8, 4) is 0 Å². The molecule has 0 aliphatic heterocycles. The van der Waals surface area contributed by atoms with Gasteiger partial charge in [-0.25, -0.2) is 0 Å². The van der Waals surface area contributed by atoms with E-state index in [0.29, 0.717) is 0 Å². The molecule has 0 aliphatic carbocycles. The SMILES string of the molecule is CC(C)(C)C(=O)C=C([O-])C(C)(C)C.CC(C)(C)C(=O)C=C([O-])C(C)(C)C.[Ba+2]. The predicted molar refractivity (Wildman–Crippen MR) is 110 cm³/mol. The zero-order valence-corrected chi connectivity index (χ0v) is 23.9. The fraction of sp³-hybridized carbons (Fsp3) is 0.727. The summed E-state index contributed by atoms with van der Waals surface area (Å²) in [5.74, 6) is -0.417. The Hall–Kier alpha value is -0.00857. The summed E-state index contributed by atoms with van der Waals surface area (Å²) in [4.78, 5) is 22.9. The van der Waals surface area contributed by atoms with Crippen LogP contribution in [0.15, 0.2) is 23.7 Å². The number of carbonyl (C=O) groups is 2. The first-order chi connectivity index (χ1) is 11.1. The van der Waals surface area contributed by atoms with Crippen LogP contribution in [0.4, 0.5) is 0 Å². The van der Waals surface area contributed by atoms with Gasteiger partial charge in [0, 0.05) is 10.8 Å². The Morgan fingerprint density at radius 2 is 0.704 bits per heavy atom. The van der Waals surface area contributed by atoms with Gasteiger partial charge < -0.3 is 10.2 Å². The van der Waals surface area contributed by atoms with Gasteiger partial charge in [-0.3, -0.25) is 9.59 Å². The van der Waals surface area contributed by atoms with Crippen LogP contribution in [-0.4, -0.2) is 60.4 Å². The summed E-state index contributed by atoms with van der Waals surface area (Å²) in [6.45, 7) is 21.7. The molecule has 0 atom stereocenters. The van der Waals surface area contributed by atoms with Gasteiger partial charge >= 0.3 is 48.9 Å². The molecule has 0 amide bonds. The van der Waals surface area contributed by atoms with Gasteiger partial charge in [0.25, 0.3) is 0 Å². The maximum absolute atomic E-state index is 11.4. The van der Waals surface area contributed by atoms with E-state index in [2.05, 4.69) is 0 Å². The molecule has 0 rings (SSSR count). The van der Waals surface area contributed by atoms with Crippen LogP contribution in [0.3, 0.4) is 0 Å². The minimum atomic E-state index is -0.457. The normalized spacial score (nSPS) is 13.9. The fourth-order valence-electron chi connectivity index (χ4n) is 1.10. The molecule has 0 aliphatic rings. The second kappa shape index (κ2) is 11.2. The van der Waals surface area contributed by atoms with Crippen molar-refractivity contribution in [2.45, 2.75) is 83.1 Å². The maximum atomic E-state index is 11.4. The average molecular weight is 504 g/mol. The van der Waals surface area contributed by atoms with E-state index in [1.165, 1.54) is 12.2 Å². The second-order valence-electron chi connectivity index (χ2n) is 10.7. The molecule has 5 heteroatoms. The number of allylic oxidation sites excluding steroid dienone is 4. The summed E-state index contributed by atoms with van der Waals surface area (Å²) in [5.41, 5.74) is -1.83. The molecule has 0 bridgehead atoms. The molecule has 0 saturated heterocycles. The molecule has 0 aromatic heterocycles. The van der Waals surface area contributed by atoms with E-state index in [1.807, 2.05) is 83.1 Å². The summed E-state index contributed by atoms with van der Waals surface area (Å²) in [6, 6.07) is 0. The summed E-state index contributed by atoms with van der Waals surface area (Å²) < 4.78 is 0. The van der Waals surface area contributed by atoms with Gasteiger partial charge in [-0.05, 0) is 23.0 Å². The van der Waals surface area contributed by atoms with Crippen molar-refractivity contribution in [2.24, 2.45) is 21.7 Å².